The van der Waals surface area contributed by atoms with Crippen molar-refractivity contribution in [3.8, 4) is 0 Å². The molecule has 0 aliphatic heterocycles. The summed E-state index contributed by atoms with van der Waals surface area (Å²) < 4.78 is 0. The smallest absolute Gasteiger partial charge is 0.0675 e. The van der Waals surface area contributed by atoms with E-state index in [1.165, 1.54) is 19.3 Å². The highest BCUT2D eigenvalue weighted by Crippen LogP contribution is 2.41. The molecule has 2 atom stereocenters. The highest BCUT2D eigenvalue weighted by Gasteiger charge is 2.39. The molecular formula is C14H27N3O. The molecule has 0 saturated heterocycles. The van der Waals surface area contributed by atoms with Gasteiger partial charge in [0, 0.05) is 11.5 Å². The number of rotatable bonds is 9. The lowest BCUT2D eigenvalue weighted by Crippen LogP contribution is -2.33. The molecule has 1 aliphatic rings. The molecular weight excluding hydrogens is 226 g/mol. The molecule has 1 rings (SSSR count). The predicted octanol–water partition coefficient (Wildman–Crippen LogP) is 4.58. The second-order valence-electron chi connectivity index (χ2n) is 5.60. The van der Waals surface area contributed by atoms with Crippen molar-refractivity contribution >= 4 is 0 Å². The minimum Gasteiger partial charge on any atom is -0.390 e. The predicted molar refractivity (Wildman–Crippen MR) is 74.3 cm³/mol. The third-order valence-corrected chi connectivity index (χ3v) is 4.26. The van der Waals surface area contributed by atoms with Crippen molar-refractivity contribution in [2.24, 2.45) is 11.0 Å². The van der Waals surface area contributed by atoms with Gasteiger partial charge in [0.25, 0.3) is 0 Å². The zero-order chi connectivity index (χ0) is 13.3. The Morgan fingerprint density at radius 1 is 1.33 bits per heavy atom. The van der Waals surface area contributed by atoms with E-state index in [1.54, 1.807) is 0 Å². The zero-order valence-corrected chi connectivity index (χ0v) is 11.6. The molecule has 0 aromatic carbocycles. The summed E-state index contributed by atoms with van der Waals surface area (Å²) in [5, 5.41) is 14.3. The van der Waals surface area contributed by atoms with E-state index in [1.807, 2.05) is 0 Å². The molecule has 4 nitrogen and oxygen atoms in total. The summed E-state index contributed by atoms with van der Waals surface area (Å²) in [4.78, 5) is 2.77. The first kappa shape index (κ1) is 15.3. The van der Waals surface area contributed by atoms with Crippen molar-refractivity contribution < 1.29 is 5.11 Å². The van der Waals surface area contributed by atoms with Crippen molar-refractivity contribution in [2.75, 3.05) is 6.54 Å². The van der Waals surface area contributed by atoms with E-state index in [0.717, 1.165) is 44.9 Å². The Morgan fingerprint density at radius 3 is 2.89 bits per heavy atom. The first-order chi connectivity index (χ1) is 8.73. The van der Waals surface area contributed by atoms with Crippen LogP contribution in [0.5, 0.6) is 0 Å². The summed E-state index contributed by atoms with van der Waals surface area (Å²) in [6, 6.07) is 0. The normalized spacial score (nSPS) is 27.1. The zero-order valence-electron chi connectivity index (χ0n) is 11.6. The average molecular weight is 253 g/mol. The van der Waals surface area contributed by atoms with Gasteiger partial charge in [-0.25, -0.2) is 0 Å². The van der Waals surface area contributed by atoms with Gasteiger partial charge in [0.2, 0.25) is 0 Å². The van der Waals surface area contributed by atoms with Gasteiger partial charge in [0.15, 0.2) is 0 Å². The lowest BCUT2D eigenvalue weighted by atomic mass is 9.83. The second kappa shape index (κ2) is 8.39. The minimum atomic E-state index is -0.426. The minimum absolute atomic E-state index is 0.424. The van der Waals surface area contributed by atoms with Crippen LogP contribution in [-0.4, -0.2) is 17.3 Å². The van der Waals surface area contributed by atoms with Gasteiger partial charge in [-0.1, -0.05) is 44.1 Å². The molecule has 0 unspecified atom stereocenters. The molecule has 0 radical (unpaired) electrons. The van der Waals surface area contributed by atoms with Gasteiger partial charge >= 0.3 is 0 Å². The molecule has 1 N–H and O–H groups in total. The van der Waals surface area contributed by atoms with E-state index in [4.69, 9.17) is 5.53 Å². The van der Waals surface area contributed by atoms with Gasteiger partial charge in [-0.05, 0) is 43.6 Å². The van der Waals surface area contributed by atoms with Gasteiger partial charge in [-0.2, -0.15) is 0 Å². The molecule has 0 aromatic rings. The number of hydrogen-bond acceptors (Lipinski definition) is 2. The maximum atomic E-state index is 10.7. The van der Waals surface area contributed by atoms with Crippen molar-refractivity contribution in [1.82, 2.24) is 0 Å². The molecule has 1 fully saturated rings. The van der Waals surface area contributed by atoms with Crippen LogP contribution in [0, 0.1) is 5.92 Å². The quantitative estimate of drug-likeness (QED) is 0.278. The van der Waals surface area contributed by atoms with Crippen LogP contribution in [0.4, 0.5) is 0 Å². The van der Waals surface area contributed by atoms with E-state index >= 15 is 0 Å². The summed E-state index contributed by atoms with van der Waals surface area (Å²) in [5.74, 6) is 0.424. The molecule has 1 aliphatic carbocycles. The monoisotopic (exact) mass is 253 g/mol. The molecule has 4 heteroatoms. The molecule has 0 spiro atoms. The Hall–Kier alpha value is -0.730. The van der Waals surface area contributed by atoms with Crippen molar-refractivity contribution in [3.63, 3.8) is 0 Å². The van der Waals surface area contributed by atoms with Crippen molar-refractivity contribution in [3.05, 3.63) is 10.4 Å². The lowest BCUT2D eigenvalue weighted by molar-refractivity contribution is -0.0111. The summed E-state index contributed by atoms with van der Waals surface area (Å²) in [6.45, 7) is 2.78. The Balaban J connectivity index is 2.29. The first-order valence-corrected chi connectivity index (χ1v) is 7.46. The van der Waals surface area contributed by atoms with Gasteiger partial charge in [0.1, 0.15) is 0 Å². The van der Waals surface area contributed by atoms with Crippen molar-refractivity contribution in [2.45, 2.75) is 76.7 Å². The Morgan fingerprint density at radius 2 is 2.17 bits per heavy atom. The largest absolute Gasteiger partial charge is 0.390 e. The second-order valence-corrected chi connectivity index (χ2v) is 5.60. The van der Waals surface area contributed by atoms with E-state index in [2.05, 4.69) is 16.9 Å². The third kappa shape index (κ3) is 4.87. The van der Waals surface area contributed by atoms with Gasteiger partial charge in [0.05, 0.1) is 5.60 Å². The Labute approximate surface area is 110 Å². The molecule has 0 aromatic heterocycles. The summed E-state index contributed by atoms with van der Waals surface area (Å²) >= 11 is 0. The molecule has 1 saturated carbocycles. The van der Waals surface area contributed by atoms with Crippen LogP contribution in [-0.2, 0) is 0 Å². The van der Waals surface area contributed by atoms with Crippen LogP contribution in [0.15, 0.2) is 5.11 Å². The summed E-state index contributed by atoms with van der Waals surface area (Å²) in [5.41, 5.74) is 7.81. The average Bonchev–Trinajstić information content (AvgIpc) is 2.73. The maximum absolute atomic E-state index is 10.7. The number of hydrogen-bond donors (Lipinski definition) is 1. The highest BCUT2D eigenvalue weighted by molar-refractivity contribution is 4.92. The third-order valence-electron chi connectivity index (χ3n) is 4.26. The van der Waals surface area contributed by atoms with Crippen LogP contribution in [0.1, 0.15) is 71.1 Å². The van der Waals surface area contributed by atoms with Crippen LogP contribution in [0.2, 0.25) is 0 Å². The maximum Gasteiger partial charge on any atom is 0.0675 e. The number of aliphatic hydroxyl groups is 1. The SMILES string of the molecule is CCCCCC[C@@]1(O)CCC[C@@H]1CCCN=[N+]=[N-]. The highest BCUT2D eigenvalue weighted by atomic mass is 16.3. The standard InChI is InChI=1S/C14H27N3O/c1-2-3-4-5-10-14(18)11-6-8-13(14)9-7-12-16-17-15/h13,18H,2-12H2,1H3/t13-,14-/m1/s1. The van der Waals surface area contributed by atoms with E-state index in [-0.39, 0.29) is 0 Å². The van der Waals surface area contributed by atoms with Crippen LogP contribution in [0.25, 0.3) is 10.4 Å². The molecule has 0 bridgehead atoms. The first-order valence-electron chi connectivity index (χ1n) is 7.46. The van der Waals surface area contributed by atoms with Crippen molar-refractivity contribution in [1.29, 1.82) is 0 Å². The van der Waals surface area contributed by atoms with Crippen LogP contribution >= 0.6 is 0 Å². The fraction of sp³-hybridized carbons (Fsp3) is 1.00. The summed E-state index contributed by atoms with van der Waals surface area (Å²) in [7, 11) is 0. The van der Waals surface area contributed by atoms with Gasteiger partial charge in [-0.15, -0.1) is 0 Å². The molecule has 0 heterocycles. The molecule has 0 amide bonds. The Kier molecular flexibility index (Phi) is 7.14. The van der Waals surface area contributed by atoms with Gasteiger partial charge < -0.3 is 5.11 Å². The number of azide groups is 1. The fourth-order valence-electron chi connectivity index (χ4n) is 3.18. The van der Waals surface area contributed by atoms with Crippen LogP contribution < -0.4 is 0 Å². The van der Waals surface area contributed by atoms with E-state index in [0.29, 0.717) is 12.5 Å². The van der Waals surface area contributed by atoms with E-state index < -0.39 is 5.60 Å². The van der Waals surface area contributed by atoms with Crippen LogP contribution in [0.3, 0.4) is 0 Å². The lowest BCUT2D eigenvalue weighted by Gasteiger charge is -2.30. The van der Waals surface area contributed by atoms with E-state index in [9.17, 15) is 5.11 Å². The number of nitrogens with zero attached hydrogens (tertiary/aromatic N) is 3. The molecule has 104 valence electrons. The fourth-order valence-corrected chi connectivity index (χ4v) is 3.18. The van der Waals surface area contributed by atoms with Gasteiger partial charge in [-0.3, -0.25) is 0 Å². The molecule has 18 heavy (non-hydrogen) atoms. The number of unbranched alkanes of at least 4 members (excludes halogenated alkanes) is 3. The Bertz CT molecular complexity index is 276. The summed E-state index contributed by atoms with van der Waals surface area (Å²) in [6.07, 6.45) is 11.0. The topological polar surface area (TPSA) is 69.0 Å².